The molecule has 0 bridgehead atoms. The lowest BCUT2D eigenvalue weighted by molar-refractivity contribution is 0.213. The van der Waals surface area contributed by atoms with Gasteiger partial charge in [0.25, 0.3) is 10.1 Å². The zero-order valence-corrected chi connectivity index (χ0v) is 10.1. The Kier molecular flexibility index (Phi) is 3.58. The molecule has 0 aliphatic heterocycles. The van der Waals surface area contributed by atoms with E-state index in [1.54, 1.807) is 0 Å². The fraction of sp³-hybridized carbons (Fsp3) is 1.00. The standard InChI is InChI=1S/C10H20O3S/c1-10(2,3)8-14(11,12)13-9-6-4-5-7-9/h9H,4-8H2,1-3H3. The van der Waals surface area contributed by atoms with E-state index in [2.05, 4.69) is 0 Å². The molecule has 1 rings (SSSR count). The highest BCUT2D eigenvalue weighted by atomic mass is 32.2. The zero-order valence-electron chi connectivity index (χ0n) is 9.25. The summed E-state index contributed by atoms with van der Waals surface area (Å²) in [6.45, 7) is 5.72. The molecule has 0 atom stereocenters. The molecule has 0 N–H and O–H groups in total. The topological polar surface area (TPSA) is 43.4 Å². The van der Waals surface area contributed by atoms with Gasteiger partial charge in [0.15, 0.2) is 0 Å². The Bertz CT molecular complexity index is 268. The Morgan fingerprint density at radius 2 is 1.71 bits per heavy atom. The Morgan fingerprint density at radius 1 is 1.21 bits per heavy atom. The second-order valence-corrected chi connectivity index (χ2v) is 6.86. The SMILES string of the molecule is CC(C)(C)CS(=O)(=O)OC1CCCC1. The van der Waals surface area contributed by atoms with Crippen molar-refractivity contribution in [2.75, 3.05) is 5.75 Å². The molecule has 0 unspecified atom stereocenters. The molecule has 0 radical (unpaired) electrons. The largest absolute Gasteiger partial charge is 0.268 e. The summed E-state index contributed by atoms with van der Waals surface area (Å²) in [6, 6.07) is 0. The molecular formula is C10H20O3S. The van der Waals surface area contributed by atoms with Crippen molar-refractivity contribution in [1.82, 2.24) is 0 Å². The van der Waals surface area contributed by atoms with Crippen molar-refractivity contribution in [1.29, 1.82) is 0 Å². The summed E-state index contributed by atoms with van der Waals surface area (Å²) in [7, 11) is -3.32. The normalized spacial score (nSPS) is 20.2. The number of hydrogen-bond donors (Lipinski definition) is 0. The summed E-state index contributed by atoms with van der Waals surface area (Å²) < 4.78 is 28.3. The van der Waals surface area contributed by atoms with E-state index >= 15 is 0 Å². The van der Waals surface area contributed by atoms with Crippen LogP contribution in [0.25, 0.3) is 0 Å². The first-order valence-electron chi connectivity index (χ1n) is 5.19. The molecule has 0 aromatic carbocycles. The van der Waals surface area contributed by atoms with Crippen LogP contribution in [0.1, 0.15) is 46.5 Å². The Morgan fingerprint density at radius 3 is 2.14 bits per heavy atom. The second-order valence-electron chi connectivity index (χ2n) is 5.27. The molecule has 1 saturated carbocycles. The molecule has 1 aliphatic carbocycles. The molecule has 0 aromatic rings. The number of rotatable bonds is 3. The van der Waals surface area contributed by atoms with Gasteiger partial charge in [-0.1, -0.05) is 33.6 Å². The van der Waals surface area contributed by atoms with Crippen molar-refractivity contribution >= 4 is 10.1 Å². The van der Waals surface area contributed by atoms with Crippen LogP contribution in [0.3, 0.4) is 0 Å². The van der Waals surface area contributed by atoms with Gasteiger partial charge in [-0.3, -0.25) is 4.18 Å². The van der Waals surface area contributed by atoms with Crippen LogP contribution in [0.2, 0.25) is 0 Å². The van der Waals surface area contributed by atoms with E-state index in [0.717, 1.165) is 25.7 Å². The monoisotopic (exact) mass is 220 g/mol. The Hall–Kier alpha value is -0.0900. The van der Waals surface area contributed by atoms with Gasteiger partial charge in [-0.05, 0) is 18.3 Å². The Balaban J connectivity index is 2.49. The third kappa shape index (κ3) is 4.42. The van der Waals surface area contributed by atoms with Crippen molar-refractivity contribution in [3.8, 4) is 0 Å². The molecule has 0 saturated heterocycles. The lowest BCUT2D eigenvalue weighted by Crippen LogP contribution is -2.25. The maximum Gasteiger partial charge on any atom is 0.268 e. The summed E-state index contributed by atoms with van der Waals surface area (Å²) in [5.41, 5.74) is -0.225. The summed E-state index contributed by atoms with van der Waals surface area (Å²) in [5, 5.41) is 0. The van der Waals surface area contributed by atoms with Gasteiger partial charge in [0, 0.05) is 0 Å². The van der Waals surface area contributed by atoms with E-state index < -0.39 is 10.1 Å². The first kappa shape index (κ1) is 12.0. The predicted molar refractivity (Wildman–Crippen MR) is 56.6 cm³/mol. The van der Waals surface area contributed by atoms with Crippen LogP contribution in [-0.4, -0.2) is 20.3 Å². The van der Waals surface area contributed by atoms with E-state index in [4.69, 9.17) is 4.18 Å². The van der Waals surface area contributed by atoms with E-state index in [9.17, 15) is 8.42 Å². The maximum absolute atomic E-state index is 11.6. The lowest BCUT2D eigenvalue weighted by Gasteiger charge is -2.19. The summed E-state index contributed by atoms with van der Waals surface area (Å²) in [5.74, 6) is 0.108. The molecule has 1 fully saturated rings. The fourth-order valence-corrected chi connectivity index (χ4v) is 3.49. The molecule has 4 heteroatoms. The average Bonchev–Trinajstić information content (AvgIpc) is 2.31. The van der Waals surface area contributed by atoms with Crippen LogP contribution in [-0.2, 0) is 14.3 Å². The number of hydrogen-bond acceptors (Lipinski definition) is 3. The van der Waals surface area contributed by atoms with E-state index in [1.807, 2.05) is 20.8 Å². The second kappa shape index (κ2) is 4.19. The molecular weight excluding hydrogens is 200 g/mol. The van der Waals surface area contributed by atoms with Gasteiger partial charge in [0.2, 0.25) is 0 Å². The van der Waals surface area contributed by atoms with Crippen molar-refractivity contribution < 1.29 is 12.6 Å². The molecule has 0 heterocycles. The first-order chi connectivity index (χ1) is 6.29. The highest BCUT2D eigenvalue weighted by molar-refractivity contribution is 7.86. The zero-order chi connectivity index (χ0) is 10.8. The van der Waals surface area contributed by atoms with Crippen molar-refractivity contribution in [2.45, 2.75) is 52.6 Å². The van der Waals surface area contributed by atoms with Crippen LogP contribution >= 0.6 is 0 Å². The van der Waals surface area contributed by atoms with Gasteiger partial charge in [-0.2, -0.15) is 8.42 Å². The van der Waals surface area contributed by atoms with Gasteiger partial charge in [-0.25, -0.2) is 0 Å². The summed E-state index contributed by atoms with van der Waals surface area (Å²) in [4.78, 5) is 0. The van der Waals surface area contributed by atoms with Gasteiger partial charge in [0.1, 0.15) is 0 Å². The van der Waals surface area contributed by atoms with E-state index in [1.165, 1.54) is 0 Å². The quantitative estimate of drug-likeness (QED) is 0.686. The smallest absolute Gasteiger partial charge is 0.267 e. The van der Waals surface area contributed by atoms with Gasteiger partial charge < -0.3 is 0 Å². The van der Waals surface area contributed by atoms with Crippen molar-refractivity contribution in [3.63, 3.8) is 0 Å². The first-order valence-corrected chi connectivity index (χ1v) is 6.77. The fourth-order valence-electron chi connectivity index (χ4n) is 1.76. The minimum Gasteiger partial charge on any atom is -0.267 e. The van der Waals surface area contributed by atoms with E-state index in [-0.39, 0.29) is 17.3 Å². The average molecular weight is 220 g/mol. The molecule has 0 spiro atoms. The highest BCUT2D eigenvalue weighted by Gasteiger charge is 2.27. The van der Waals surface area contributed by atoms with Crippen molar-refractivity contribution in [3.05, 3.63) is 0 Å². The van der Waals surface area contributed by atoms with Crippen LogP contribution in [0.4, 0.5) is 0 Å². The third-order valence-corrected chi connectivity index (χ3v) is 3.98. The van der Waals surface area contributed by atoms with Crippen molar-refractivity contribution in [2.24, 2.45) is 5.41 Å². The van der Waals surface area contributed by atoms with Crippen LogP contribution in [0, 0.1) is 5.41 Å². The third-order valence-electron chi connectivity index (χ3n) is 2.19. The minimum absolute atomic E-state index is 0.0534. The van der Waals surface area contributed by atoms with Gasteiger partial charge in [0.05, 0.1) is 11.9 Å². The maximum atomic E-state index is 11.6. The highest BCUT2D eigenvalue weighted by Crippen LogP contribution is 2.25. The molecule has 3 nitrogen and oxygen atoms in total. The van der Waals surface area contributed by atoms with Gasteiger partial charge >= 0.3 is 0 Å². The summed E-state index contributed by atoms with van der Waals surface area (Å²) in [6.07, 6.45) is 3.92. The lowest BCUT2D eigenvalue weighted by atomic mass is 10.0. The molecule has 14 heavy (non-hydrogen) atoms. The summed E-state index contributed by atoms with van der Waals surface area (Å²) >= 11 is 0. The molecule has 1 aliphatic rings. The van der Waals surface area contributed by atoms with Crippen LogP contribution < -0.4 is 0 Å². The Labute approximate surface area is 87.0 Å². The predicted octanol–water partition coefficient (Wildman–Crippen LogP) is 2.32. The van der Waals surface area contributed by atoms with Crippen LogP contribution in [0.15, 0.2) is 0 Å². The van der Waals surface area contributed by atoms with Crippen LogP contribution in [0.5, 0.6) is 0 Å². The molecule has 0 aromatic heterocycles. The van der Waals surface area contributed by atoms with Gasteiger partial charge in [-0.15, -0.1) is 0 Å². The minimum atomic E-state index is -3.32. The van der Waals surface area contributed by atoms with E-state index in [0.29, 0.717) is 0 Å². The molecule has 84 valence electrons. The molecule has 0 amide bonds.